The zero-order valence-electron chi connectivity index (χ0n) is 13.5. The zero-order chi connectivity index (χ0) is 15.5. The maximum Gasteiger partial charge on any atom is 0.240 e. The first-order valence-electron chi connectivity index (χ1n) is 8.04. The largest absolute Gasteiger partial charge is 0.369 e. The molecule has 2 saturated heterocycles. The van der Waals surface area contributed by atoms with Gasteiger partial charge in [0.25, 0.3) is 0 Å². The molecule has 4 nitrogen and oxygen atoms in total. The monoisotopic (exact) mass is 319 g/mol. The summed E-state index contributed by atoms with van der Waals surface area (Å²) in [5.74, 6) is 2.23. The first-order valence-corrected chi connectivity index (χ1v) is 9.19. The summed E-state index contributed by atoms with van der Waals surface area (Å²) in [6.45, 7) is 5.84. The third-order valence-electron chi connectivity index (χ3n) is 4.65. The van der Waals surface area contributed by atoms with Crippen LogP contribution in [0.1, 0.15) is 12.0 Å². The van der Waals surface area contributed by atoms with Gasteiger partial charge in [-0.2, -0.15) is 0 Å². The van der Waals surface area contributed by atoms with Crippen molar-refractivity contribution in [2.24, 2.45) is 0 Å². The topological polar surface area (TPSA) is 26.8 Å². The Morgan fingerprint density at radius 2 is 2.00 bits per heavy atom. The summed E-state index contributed by atoms with van der Waals surface area (Å²) >= 11 is 1.86. The van der Waals surface area contributed by atoms with Crippen molar-refractivity contribution in [3.63, 3.8) is 0 Å². The Morgan fingerprint density at radius 1 is 1.18 bits per heavy atom. The summed E-state index contributed by atoms with van der Waals surface area (Å²) in [6.07, 6.45) is 1.05. The van der Waals surface area contributed by atoms with Crippen LogP contribution in [0, 0.1) is 6.92 Å². The summed E-state index contributed by atoms with van der Waals surface area (Å²) in [4.78, 5) is 19.4. The van der Waals surface area contributed by atoms with Gasteiger partial charge in [-0.1, -0.05) is 18.2 Å². The second kappa shape index (κ2) is 6.92. The van der Waals surface area contributed by atoms with Crippen molar-refractivity contribution >= 4 is 23.4 Å². The van der Waals surface area contributed by atoms with Crippen molar-refractivity contribution in [1.29, 1.82) is 0 Å². The standard InChI is InChI=1S/C17H25N3OS/c1-14-6-3-4-7-15(14)19-8-5-9-20(11-10-19)17(21)16-12-22-13-18(16)2/h3-4,6-7,16H,5,8-13H2,1-2H3/t16-/m0/s1. The minimum atomic E-state index is 0.0787. The summed E-state index contributed by atoms with van der Waals surface area (Å²) < 4.78 is 0. The average Bonchev–Trinajstić information content (AvgIpc) is 2.80. The van der Waals surface area contributed by atoms with Crippen molar-refractivity contribution in [2.75, 3.05) is 49.8 Å². The van der Waals surface area contributed by atoms with Crippen molar-refractivity contribution in [3.8, 4) is 0 Å². The van der Waals surface area contributed by atoms with E-state index in [2.05, 4.69) is 52.9 Å². The number of carbonyl (C=O) groups is 1. The number of amides is 1. The Bertz CT molecular complexity index is 536. The number of anilines is 1. The fourth-order valence-electron chi connectivity index (χ4n) is 3.29. The number of para-hydroxylation sites is 1. The maximum atomic E-state index is 12.7. The first-order chi connectivity index (χ1) is 10.7. The minimum Gasteiger partial charge on any atom is -0.369 e. The predicted octanol–water partition coefficient (Wildman–Crippen LogP) is 2.04. The molecule has 1 atom stereocenters. The van der Waals surface area contributed by atoms with Gasteiger partial charge in [-0.25, -0.2) is 0 Å². The minimum absolute atomic E-state index is 0.0787. The van der Waals surface area contributed by atoms with Gasteiger partial charge in [0.05, 0.1) is 6.04 Å². The molecule has 120 valence electrons. The predicted molar refractivity (Wildman–Crippen MR) is 93.5 cm³/mol. The highest BCUT2D eigenvalue weighted by atomic mass is 32.2. The molecule has 0 spiro atoms. The van der Waals surface area contributed by atoms with Gasteiger partial charge in [-0.15, -0.1) is 11.8 Å². The molecule has 2 aliphatic rings. The number of nitrogens with zero attached hydrogens (tertiary/aromatic N) is 3. The molecule has 3 rings (SSSR count). The van der Waals surface area contributed by atoms with Crippen LogP contribution in [0.2, 0.25) is 0 Å². The van der Waals surface area contributed by atoms with Crippen LogP contribution in [0.5, 0.6) is 0 Å². The molecule has 1 amide bonds. The van der Waals surface area contributed by atoms with Crippen LogP contribution in [-0.4, -0.2) is 66.6 Å². The third-order valence-corrected chi connectivity index (χ3v) is 5.79. The number of thioether (sulfide) groups is 1. The SMILES string of the molecule is Cc1ccccc1N1CCCN(C(=O)[C@@H]2CSCN2C)CC1. The number of benzene rings is 1. The van der Waals surface area contributed by atoms with Gasteiger partial charge < -0.3 is 9.80 Å². The lowest BCUT2D eigenvalue weighted by atomic mass is 10.2. The molecule has 0 saturated carbocycles. The van der Waals surface area contributed by atoms with Crippen LogP contribution in [0.15, 0.2) is 24.3 Å². The number of hydrogen-bond donors (Lipinski definition) is 0. The van der Waals surface area contributed by atoms with E-state index in [9.17, 15) is 4.79 Å². The normalized spacial score (nSPS) is 23.6. The van der Waals surface area contributed by atoms with E-state index < -0.39 is 0 Å². The van der Waals surface area contributed by atoms with E-state index >= 15 is 0 Å². The fourth-order valence-corrected chi connectivity index (χ4v) is 4.49. The van der Waals surface area contributed by atoms with Crippen LogP contribution in [0.25, 0.3) is 0 Å². The second-order valence-electron chi connectivity index (χ2n) is 6.23. The van der Waals surface area contributed by atoms with Gasteiger partial charge in [0.2, 0.25) is 5.91 Å². The highest BCUT2D eigenvalue weighted by Gasteiger charge is 2.32. The highest BCUT2D eigenvalue weighted by Crippen LogP contribution is 2.23. The molecular formula is C17H25N3OS. The highest BCUT2D eigenvalue weighted by molar-refractivity contribution is 7.99. The van der Waals surface area contributed by atoms with Crippen molar-refractivity contribution in [1.82, 2.24) is 9.80 Å². The molecular weight excluding hydrogens is 294 g/mol. The molecule has 1 aromatic rings. The number of carbonyl (C=O) groups excluding carboxylic acids is 1. The van der Waals surface area contributed by atoms with Gasteiger partial charge in [-0.05, 0) is 32.0 Å². The molecule has 2 heterocycles. The number of rotatable bonds is 2. The molecule has 0 aliphatic carbocycles. The van der Waals surface area contributed by atoms with Crippen molar-refractivity contribution in [3.05, 3.63) is 29.8 Å². The van der Waals surface area contributed by atoms with Crippen molar-refractivity contribution < 1.29 is 4.79 Å². The van der Waals surface area contributed by atoms with E-state index in [4.69, 9.17) is 0 Å². The van der Waals surface area contributed by atoms with E-state index in [-0.39, 0.29) is 6.04 Å². The van der Waals surface area contributed by atoms with Gasteiger partial charge in [-0.3, -0.25) is 9.69 Å². The number of likely N-dealkylation sites (N-methyl/N-ethyl adjacent to an activating group) is 1. The Hall–Kier alpha value is -1.20. The van der Waals surface area contributed by atoms with E-state index in [1.807, 2.05) is 11.8 Å². The quantitative estimate of drug-likeness (QED) is 0.833. The number of aryl methyl sites for hydroxylation is 1. The maximum absolute atomic E-state index is 12.7. The Morgan fingerprint density at radius 3 is 2.73 bits per heavy atom. The van der Waals surface area contributed by atoms with Crippen LogP contribution < -0.4 is 4.90 Å². The summed E-state index contributed by atoms with van der Waals surface area (Å²) in [5, 5.41) is 0. The van der Waals surface area contributed by atoms with Gasteiger partial charge >= 0.3 is 0 Å². The van der Waals surface area contributed by atoms with E-state index in [0.29, 0.717) is 5.91 Å². The van der Waals surface area contributed by atoms with Crippen LogP contribution >= 0.6 is 11.8 Å². The van der Waals surface area contributed by atoms with E-state index in [1.165, 1.54) is 11.3 Å². The molecule has 0 unspecified atom stereocenters. The molecule has 2 aliphatic heterocycles. The van der Waals surface area contributed by atoms with Gasteiger partial charge in [0.15, 0.2) is 0 Å². The molecule has 0 bridgehead atoms. The summed E-state index contributed by atoms with van der Waals surface area (Å²) in [5.41, 5.74) is 2.62. The lowest BCUT2D eigenvalue weighted by Crippen LogP contribution is -2.46. The van der Waals surface area contributed by atoms with Gasteiger partial charge in [0, 0.05) is 43.5 Å². The molecule has 0 N–H and O–H groups in total. The molecule has 0 radical (unpaired) electrons. The fraction of sp³-hybridized carbons (Fsp3) is 0.588. The molecule has 0 aromatic heterocycles. The van der Waals surface area contributed by atoms with Gasteiger partial charge in [0.1, 0.15) is 0 Å². The summed E-state index contributed by atoms with van der Waals surface area (Å²) in [7, 11) is 2.06. The average molecular weight is 319 g/mol. The molecule has 22 heavy (non-hydrogen) atoms. The molecule has 2 fully saturated rings. The molecule has 1 aromatic carbocycles. The first kappa shape index (κ1) is 15.7. The lowest BCUT2D eigenvalue weighted by molar-refractivity contribution is -0.134. The molecule has 5 heteroatoms. The summed E-state index contributed by atoms with van der Waals surface area (Å²) in [6, 6.07) is 8.61. The Balaban J connectivity index is 1.65. The van der Waals surface area contributed by atoms with E-state index in [0.717, 1.165) is 44.2 Å². The second-order valence-corrected chi connectivity index (χ2v) is 7.22. The van der Waals surface area contributed by atoms with E-state index in [1.54, 1.807) is 0 Å². The number of hydrogen-bond acceptors (Lipinski definition) is 4. The Labute approximate surface area is 137 Å². The lowest BCUT2D eigenvalue weighted by Gasteiger charge is -2.28. The van der Waals surface area contributed by atoms with Crippen molar-refractivity contribution in [2.45, 2.75) is 19.4 Å². The smallest absolute Gasteiger partial charge is 0.240 e. The van der Waals surface area contributed by atoms with Crippen LogP contribution in [-0.2, 0) is 4.79 Å². The Kier molecular flexibility index (Phi) is 4.93. The van der Waals surface area contributed by atoms with Crippen LogP contribution in [0.3, 0.4) is 0 Å². The zero-order valence-corrected chi connectivity index (χ0v) is 14.3. The van der Waals surface area contributed by atoms with Crippen LogP contribution in [0.4, 0.5) is 5.69 Å². The third kappa shape index (κ3) is 3.25.